The second kappa shape index (κ2) is 3.53. The lowest BCUT2D eigenvalue weighted by molar-refractivity contribution is 0.496. The third kappa shape index (κ3) is 2.35. The van der Waals surface area contributed by atoms with Crippen LogP contribution in [0.25, 0.3) is 0 Å². The number of imidazole rings is 1. The van der Waals surface area contributed by atoms with E-state index in [9.17, 15) is 0 Å². The molecule has 1 atom stereocenters. The van der Waals surface area contributed by atoms with Gasteiger partial charge in [0.2, 0.25) is 0 Å². The van der Waals surface area contributed by atoms with Gasteiger partial charge in [0.15, 0.2) is 0 Å². The Balaban J connectivity index is 2.49. The molecule has 3 nitrogen and oxygen atoms in total. The van der Waals surface area contributed by atoms with E-state index in [-0.39, 0.29) is 6.04 Å². The molecule has 3 N–H and O–H groups in total. The summed E-state index contributed by atoms with van der Waals surface area (Å²) in [6, 6.07) is 0.0602. The van der Waals surface area contributed by atoms with Crippen molar-refractivity contribution in [1.82, 2.24) is 9.97 Å². The van der Waals surface area contributed by atoms with E-state index in [1.54, 1.807) is 12.4 Å². The van der Waals surface area contributed by atoms with Gasteiger partial charge in [0, 0.05) is 12.4 Å². The van der Waals surface area contributed by atoms with Gasteiger partial charge in [-0.2, -0.15) is 0 Å². The Morgan fingerprint density at radius 3 is 2.82 bits per heavy atom. The highest BCUT2D eigenvalue weighted by Crippen LogP contribution is 2.14. The molecule has 11 heavy (non-hydrogen) atoms. The number of hydrogen-bond donors (Lipinski definition) is 2. The van der Waals surface area contributed by atoms with E-state index in [0.717, 1.165) is 12.2 Å². The summed E-state index contributed by atoms with van der Waals surface area (Å²) in [5.41, 5.74) is 5.85. The molecule has 0 aliphatic rings. The van der Waals surface area contributed by atoms with E-state index < -0.39 is 0 Å². The molecule has 1 aromatic rings. The highest BCUT2D eigenvalue weighted by atomic mass is 14.9. The molecule has 0 radical (unpaired) electrons. The molecule has 0 saturated heterocycles. The fraction of sp³-hybridized carbons (Fsp3) is 0.625. The summed E-state index contributed by atoms with van der Waals surface area (Å²) in [6.45, 7) is 4.31. The molecule has 0 aliphatic heterocycles. The van der Waals surface area contributed by atoms with Crippen LogP contribution in [0.2, 0.25) is 0 Å². The molecular formula is C8H15N3. The smallest absolute Gasteiger partial charge is 0.123 e. The topological polar surface area (TPSA) is 54.7 Å². The van der Waals surface area contributed by atoms with Crippen LogP contribution < -0.4 is 5.73 Å². The summed E-state index contributed by atoms with van der Waals surface area (Å²) in [5, 5.41) is 0. The van der Waals surface area contributed by atoms with E-state index in [0.29, 0.717) is 5.92 Å². The van der Waals surface area contributed by atoms with Gasteiger partial charge in [-0.1, -0.05) is 13.8 Å². The maximum absolute atomic E-state index is 5.85. The minimum atomic E-state index is 0.0602. The minimum Gasteiger partial charge on any atom is -0.347 e. The van der Waals surface area contributed by atoms with Gasteiger partial charge in [0.25, 0.3) is 0 Å². The highest BCUT2D eigenvalue weighted by molar-refractivity contribution is 4.93. The first-order valence-corrected chi connectivity index (χ1v) is 3.95. The van der Waals surface area contributed by atoms with Crippen LogP contribution in [-0.2, 0) is 0 Å². The Morgan fingerprint density at radius 1 is 1.64 bits per heavy atom. The average molecular weight is 153 g/mol. The molecule has 1 aromatic heterocycles. The normalized spacial score (nSPS) is 13.8. The molecule has 0 unspecified atom stereocenters. The lowest BCUT2D eigenvalue weighted by Crippen LogP contribution is -2.14. The van der Waals surface area contributed by atoms with Crippen molar-refractivity contribution in [2.24, 2.45) is 11.7 Å². The second-order valence-electron chi connectivity index (χ2n) is 3.21. The van der Waals surface area contributed by atoms with E-state index in [2.05, 4.69) is 23.8 Å². The van der Waals surface area contributed by atoms with E-state index >= 15 is 0 Å². The Labute approximate surface area is 67.0 Å². The number of H-pyrrole nitrogens is 1. The van der Waals surface area contributed by atoms with Crippen molar-refractivity contribution < 1.29 is 0 Å². The lowest BCUT2D eigenvalue weighted by atomic mass is 10.0. The maximum atomic E-state index is 5.85. The largest absolute Gasteiger partial charge is 0.347 e. The average Bonchev–Trinajstić information content (AvgIpc) is 2.35. The molecule has 0 fully saturated rings. The van der Waals surface area contributed by atoms with Gasteiger partial charge in [-0.05, 0) is 12.3 Å². The summed E-state index contributed by atoms with van der Waals surface area (Å²) in [4.78, 5) is 7.09. The summed E-state index contributed by atoms with van der Waals surface area (Å²) in [6.07, 6.45) is 4.51. The number of hydrogen-bond acceptors (Lipinski definition) is 2. The Bertz CT molecular complexity index is 191. The first-order valence-electron chi connectivity index (χ1n) is 3.95. The molecule has 0 aliphatic carbocycles. The Kier molecular flexibility index (Phi) is 2.65. The quantitative estimate of drug-likeness (QED) is 0.690. The fourth-order valence-corrected chi connectivity index (χ4v) is 1.10. The van der Waals surface area contributed by atoms with Crippen molar-refractivity contribution in [1.29, 1.82) is 0 Å². The molecular weight excluding hydrogens is 138 g/mol. The van der Waals surface area contributed by atoms with Gasteiger partial charge in [-0.25, -0.2) is 4.98 Å². The van der Waals surface area contributed by atoms with Gasteiger partial charge in [0.1, 0.15) is 5.82 Å². The van der Waals surface area contributed by atoms with E-state index in [1.807, 2.05) is 0 Å². The van der Waals surface area contributed by atoms with Crippen LogP contribution >= 0.6 is 0 Å². The number of nitrogens with one attached hydrogen (secondary N) is 1. The number of aromatic amines is 1. The zero-order valence-electron chi connectivity index (χ0n) is 7.04. The van der Waals surface area contributed by atoms with Crippen molar-refractivity contribution in [3.05, 3.63) is 18.2 Å². The number of nitrogens with zero attached hydrogens (tertiary/aromatic N) is 1. The van der Waals surface area contributed by atoms with Crippen molar-refractivity contribution in [3.8, 4) is 0 Å². The van der Waals surface area contributed by atoms with Crippen LogP contribution in [0.15, 0.2) is 12.4 Å². The highest BCUT2D eigenvalue weighted by Gasteiger charge is 2.09. The van der Waals surface area contributed by atoms with Gasteiger partial charge >= 0.3 is 0 Å². The first-order chi connectivity index (χ1) is 5.20. The van der Waals surface area contributed by atoms with E-state index in [4.69, 9.17) is 5.73 Å². The van der Waals surface area contributed by atoms with Gasteiger partial charge in [0.05, 0.1) is 6.04 Å². The van der Waals surface area contributed by atoms with Crippen molar-refractivity contribution in [3.63, 3.8) is 0 Å². The summed E-state index contributed by atoms with van der Waals surface area (Å²) >= 11 is 0. The van der Waals surface area contributed by atoms with Crippen molar-refractivity contribution >= 4 is 0 Å². The number of nitrogens with two attached hydrogens (primary N) is 1. The predicted molar refractivity (Wildman–Crippen MR) is 45.0 cm³/mol. The first kappa shape index (κ1) is 8.27. The Morgan fingerprint density at radius 2 is 2.36 bits per heavy atom. The van der Waals surface area contributed by atoms with Crippen molar-refractivity contribution in [2.75, 3.05) is 0 Å². The van der Waals surface area contributed by atoms with Crippen LogP contribution in [-0.4, -0.2) is 9.97 Å². The molecule has 62 valence electrons. The molecule has 1 rings (SSSR count). The number of rotatable bonds is 3. The molecule has 1 heterocycles. The lowest BCUT2D eigenvalue weighted by Gasteiger charge is -2.10. The Hall–Kier alpha value is -0.830. The van der Waals surface area contributed by atoms with Crippen LogP contribution in [0.4, 0.5) is 0 Å². The van der Waals surface area contributed by atoms with Crippen LogP contribution in [0.5, 0.6) is 0 Å². The molecule has 0 saturated carbocycles. The van der Waals surface area contributed by atoms with Crippen LogP contribution in [0, 0.1) is 5.92 Å². The van der Waals surface area contributed by atoms with Gasteiger partial charge in [-0.15, -0.1) is 0 Å². The summed E-state index contributed by atoms with van der Waals surface area (Å²) in [5.74, 6) is 1.51. The summed E-state index contributed by atoms with van der Waals surface area (Å²) in [7, 11) is 0. The van der Waals surface area contributed by atoms with E-state index in [1.165, 1.54) is 0 Å². The fourth-order valence-electron chi connectivity index (χ4n) is 1.10. The number of aromatic nitrogens is 2. The second-order valence-corrected chi connectivity index (χ2v) is 3.21. The van der Waals surface area contributed by atoms with Crippen LogP contribution in [0.3, 0.4) is 0 Å². The third-order valence-corrected chi connectivity index (χ3v) is 1.60. The zero-order chi connectivity index (χ0) is 8.27. The summed E-state index contributed by atoms with van der Waals surface area (Å²) < 4.78 is 0. The maximum Gasteiger partial charge on any atom is 0.123 e. The zero-order valence-corrected chi connectivity index (χ0v) is 7.04. The van der Waals surface area contributed by atoms with Gasteiger partial charge < -0.3 is 10.7 Å². The SMILES string of the molecule is CC(C)C[C@@H](N)c1ncc[nH]1. The minimum absolute atomic E-state index is 0.0602. The molecule has 3 heteroatoms. The predicted octanol–water partition coefficient (Wildman–Crippen LogP) is 1.46. The molecule has 0 spiro atoms. The molecule has 0 amide bonds. The standard InChI is InChI=1S/C8H15N3/c1-6(2)5-7(9)8-10-3-4-11-8/h3-4,6-7H,5,9H2,1-2H3,(H,10,11)/t7-/m1/s1. The van der Waals surface area contributed by atoms with Crippen molar-refractivity contribution in [2.45, 2.75) is 26.3 Å². The monoisotopic (exact) mass is 153 g/mol. The molecule has 0 bridgehead atoms. The van der Waals surface area contributed by atoms with Gasteiger partial charge in [-0.3, -0.25) is 0 Å². The third-order valence-electron chi connectivity index (χ3n) is 1.60. The molecule has 0 aromatic carbocycles. The van der Waals surface area contributed by atoms with Crippen LogP contribution in [0.1, 0.15) is 32.1 Å².